The molecule has 0 rings (SSSR count). The number of rotatable bonds is 3. The van der Waals surface area contributed by atoms with Gasteiger partial charge in [0.25, 0.3) is 0 Å². The van der Waals surface area contributed by atoms with Crippen LogP contribution in [-0.4, -0.2) is 6.21 Å². The molecule has 0 aromatic carbocycles. The number of allylic oxidation sites excluding steroid dienone is 2. The van der Waals surface area contributed by atoms with Gasteiger partial charge in [0, 0.05) is 16.8 Å². The van der Waals surface area contributed by atoms with E-state index in [4.69, 9.17) is 0 Å². The Balaban J connectivity index is 4.17. The minimum absolute atomic E-state index is 1.06. The molecule has 0 saturated carbocycles. The van der Waals surface area contributed by atoms with Crippen LogP contribution in [-0.2, 0) is 0 Å². The third-order valence-corrected chi connectivity index (χ3v) is 1.91. The smallest absolute Gasteiger partial charge is 0.0463 e. The highest BCUT2D eigenvalue weighted by atomic mass is 32.2. The second-order valence-electron chi connectivity index (χ2n) is 1.81. The first kappa shape index (κ1) is 9.50. The molecule has 0 spiro atoms. The molecule has 1 nitrogen and oxygen atoms in total. The summed E-state index contributed by atoms with van der Waals surface area (Å²) in [5, 5.41) is 1.81. The van der Waals surface area contributed by atoms with E-state index in [9.17, 15) is 0 Å². The average Bonchev–Trinajstić information content (AvgIpc) is 1.89. The van der Waals surface area contributed by atoms with Crippen LogP contribution in [0, 0.1) is 0 Å². The average molecular weight is 155 g/mol. The van der Waals surface area contributed by atoms with Gasteiger partial charge in [-0.1, -0.05) is 6.58 Å². The van der Waals surface area contributed by atoms with E-state index in [-0.39, 0.29) is 0 Å². The Morgan fingerprint density at radius 3 is 2.50 bits per heavy atom. The summed E-state index contributed by atoms with van der Waals surface area (Å²) in [5.74, 6) is 0. The summed E-state index contributed by atoms with van der Waals surface area (Å²) >= 11 is 1.61. The summed E-state index contributed by atoms with van der Waals surface area (Å²) in [4.78, 5) is 5.33. The molecule has 0 aromatic rings. The highest BCUT2D eigenvalue weighted by Crippen LogP contribution is 2.19. The first-order valence-corrected chi connectivity index (χ1v) is 4.04. The zero-order valence-electron chi connectivity index (χ0n) is 6.72. The van der Waals surface area contributed by atoms with Crippen molar-refractivity contribution in [2.75, 3.05) is 0 Å². The van der Waals surface area contributed by atoms with Crippen LogP contribution in [0.2, 0.25) is 0 Å². The Kier molecular flexibility index (Phi) is 5.03. The first-order chi connectivity index (χ1) is 4.72. The third-order valence-electron chi connectivity index (χ3n) is 1.09. The monoisotopic (exact) mass is 155 g/mol. The fourth-order valence-electron chi connectivity index (χ4n) is 0.495. The van der Waals surface area contributed by atoms with Crippen molar-refractivity contribution in [2.24, 2.45) is 4.99 Å². The standard InChI is InChI=1S/C8H13NS/c1-5-9-7(3)8(4)10-6-2/h5-6H,2H2,1,3-4H3/b8-7+,9-5-. The van der Waals surface area contributed by atoms with Gasteiger partial charge in [0.15, 0.2) is 0 Å². The highest BCUT2D eigenvalue weighted by Gasteiger charge is 1.90. The van der Waals surface area contributed by atoms with Crippen LogP contribution in [0.5, 0.6) is 0 Å². The molecule has 0 fully saturated rings. The minimum atomic E-state index is 1.06. The van der Waals surface area contributed by atoms with Crippen LogP contribution >= 0.6 is 11.8 Å². The van der Waals surface area contributed by atoms with Gasteiger partial charge in [-0.05, 0) is 26.2 Å². The molecule has 0 aliphatic carbocycles. The molecule has 0 aromatic heterocycles. The summed E-state index contributed by atoms with van der Waals surface area (Å²) in [5.41, 5.74) is 1.06. The predicted molar refractivity (Wildman–Crippen MR) is 50.3 cm³/mol. The van der Waals surface area contributed by atoms with E-state index in [1.54, 1.807) is 18.0 Å². The van der Waals surface area contributed by atoms with Crippen molar-refractivity contribution in [2.45, 2.75) is 20.8 Å². The van der Waals surface area contributed by atoms with E-state index in [2.05, 4.69) is 11.6 Å². The van der Waals surface area contributed by atoms with Crippen LogP contribution in [0.4, 0.5) is 0 Å². The Labute approximate surface area is 66.9 Å². The van der Waals surface area contributed by atoms with Gasteiger partial charge < -0.3 is 0 Å². The Hall–Kier alpha value is -0.500. The number of hydrogen-bond donors (Lipinski definition) is 0. The lowest BCUT2D eigenvalue weighted by Crippen LogP contribution is -1.73. The molecular weight excluding hydrogens is 142 g/mol. The number of hydrogen-bond acceptors (Lipinski definition) is 2. The maximum absolute atomic E-state index is 4.13. The van der Waals surface area contributed by atoms with Gasteiger partial charge >= 0.3 is 0 Å². The minimum Gasteiger partial charge on any atom is -0.265 e. The Morgan fingerprint density at radius 2 is 2.10 bits per heavy atom. The van der Waals surface area contributed by atoms with Crippen molar-refractivity contribution in [3.63, 3.8) is 0 Å². The van der Waals surface area contributed by atoms with E-state index >= 15 is 0 Å². The molecule has 0 aliphatic heterocycles. The molecule has 10 heavy (non-hydrogen) atoms. The molecule has 0 heterocycles. The van der Waals surface area contributed by atoms with Crippen LogP contribution in [0.15, 0.2) is 27.6 Å². The topological polar surface area (TPSA) is 12.4 Å². The van der Waals surface area contributed by atoms with Crippen molar-refractivity contribution in [3.05, 3.63) is 22.6 Å². The molecular formula is C8H13NS. The van der Waals surface area contributed by atoms with Crippen molar-refractivity contribution in [1.82, 2.24) is 0 Å². The van der Waals surface area contributed by atoms with Crippen LogP contribution in [0.3, 0.4) is 0 Å². The summed E-state index contributed by atoms with van der Waals surface area (Å²) in [6, 6.07) is 0. The summed E-state index contributed by atoms with van der Waals surface area (Å²) < 4.78 is 0. The lowest BCUT2D eigenvalue weighted by atomic mass is 10.5. The van der Waals surface area contributed by atoms with E-state index in [1.165, 1.54) is 4.91 Å². The number of nitrogens with zero attached hydrogens (tertiary/aromatic N) is 1. The van der Waals surface area contributed by atoms with Crippen molar-refractivity contribution in [3.8, 4) is 0 Å². The van der Waals surface area contributed by atoms with Crippen molar-refractivity contribution >= 4 is 18.0 Å². The predicted octanol–water partition coefficient (Wildman–Crippen LogP) is 3.21. The summed E-state index contributed by atoms with van der Waals surface area (Å²) in [7, 11) is 0. The largest absolute Gasteiger partial charge is 0.265 e. The van der Waals surface area contributed by atoms with Gasteiger partial charge in [-0.25, -0.2) is 0 Å². The second-order valence-corrected chi connectivity index (χ2v) is 2.99. The fourth-order valence-corrected chi connectivity index (χ4v) is 0.968. The fraction of sp³-hybridized carbons (Fsp3) is 0.375. The van der Waals surface area contributed by atoms with E-state index in [0.29, 0.717) is 0 Å². The normalized spacial score (nSPS) is 13.5. The molecule has 0 unspecified atom stereocenters. The van der Waals surface area contributed by atoms with Gasteiger partial charge in [0.1, 0.15) is 0 Å². The Bertz CT molecular complexity index is 168. The lowest BCUT2D eigenvalue weighted by Gasteiger charge is -1.96. The van der Waals surface area contributed by atoms with Gasteiger partial charge in [0.2, 0.25) is 0 Å². The number of aliphatic imine (C=N–C) groups is 1. The second kappa shape index (κ2) is 5.30. The zero-order chi connectivity index (χ0) is 7.98. The quantitative estimate of drug-likeness (QED) is 0.570. The van der Waals surface area contributed by atoms with Crippen LogP contribution < -0.4 is 0 Å². The first-order valence-electron chi connectivity index (χ1n) is 3.16. The van der Waals surface area contributed by atoms with Gasteiger partial charge in [-0.2, -0.15) is 0 Å². The SMILES string of the molecule is C=CS/C(C)=C(C)/N=C\C. The zero-order valence-corrected chi connectivity index (χ0v) is 7.53. The van der Waals surface area contributed by atoms with E-state index < -0.39 is 0 Å². The maximum atomic E-state index is 4.13. The maximum Gasteiger partial charge on any atom is 0.0463 e. The van der Waals surface area contributed by atoms with Crippen molar-refractivity contribution in [1.29, 1.82) is 0 Å². The third kappa shape index (κ3) is 3.51. The molecule has 2 heteroatoms. The van der Waals surface area contributed by atoms with E-state index in [1.807, 2.05) is 26.2 Å². The molecule has 0 bridgehead atoms. The molecule has 56 valence electrons. The van der Waals surface area contributed by atoms with Crippen LogP contribution in [0.25, 0.3) is 0 Å². The summed E-state index contributed by atoms with van der Waals surface area (Å²) in [6.07, 6.45) is 1.79. The lowest BCUT2D eigenvalue weighted by molar-refractivity contribution is 1.28. The highest BCUT2D eigenvalue weighted by molar-refractivity contribution is 8.05. The van der Waals surface area contributed by atoms with Crippen LogP contribution in [0.1, 0.15) is 20.8 Å². The molecule has 0 N–H and O–H groups in total. The molecule has 0 amide bonds. The Morgan fingerprint density at radius 1 is 1.50 bits per heavy atom. The molecule has 0 saturated heterocycles. The van der Waals surface area contributed by atoms with Crippen molar-refractivity contribution < 1.29 is 0 Å². The van der Waals surface area contributed by atoms with Gasteiger partial charge in [-0.3, -0.25) is 4.99 Å². The molecule has 0 radical (unpaired) electrons. The number of thioether (sulfide) groups is 1. The van der Waals surface area contributed by atoms with Gasteiger partial charge in [0.05, 0.1) is 0 Å². The van der Waals surface area contributed by atoms with E-state index in [0.717, 1.165) is 5.70 Å². The molecule has 0 atom stereocenters. The summed E-state index contributed by atoms with van der Waals surface area (Å²) in [6.45, 7) is 9.56. The molecule has 0 aliphatic rings. The van der Waals surface area contributed by atoms with Gasteiger partial charge in [-0.15, -0.1) is 11.8 Å².